The van der Waals surface area contributed by atoms with Gasteiger partial charge in [0.1, 0.15) is 0 Å². The summed E-state index contributed by atoms with van der Waals surface area (Å²) in [4.78, 5) is 0. The van der Waals surface area contributed by atoms with Gasteiger partial charge in [0, 0.05) is 24.0 Å². The van der Waals surface area contributed by atoms with Crippen molar-refractivity contribution in [3.8, 4) is 11.3 Å². The van der Waals surface area contributed by atoms with E-state index in [4.69, 9.17) is 5.73 Å². The Labute approximate surface area is 95.9 Å². The minimum atomic E-state index is 0.805. The van der Waals surface area contributed by atoms with E-state index in [1.807, 2.05) is 29.1 Å². The molecule has 0 bridgehead atoms. The topological polar surface area (TPSA) is 43.8 Å². The van der Waals surface area contributed by atoms with Crippen molar-refractivity contribution < 1.29 is 0 Å². The van der Waals surface area contributed by atoms with Crippen molar-refractivity contribution in [1.82, 2.24) is 9.78 Å². The highest BCUT2D eigenvalue weighted by Gasteiger charge is 2.05. The van der Waals surface area contributed by atoms with Gasteiger partial charge in [0.05, 0.1) is 5.69 Å². The van der Waals surface area contributed by atoms with E-state index in [-0.39, 0.29) is 0 Å². The Kier molecular flexibility index (Phi) is 2.95. The summed E-state index contributed by atoms with van der Waals surface area (Å²) < 4.78 is 2.02. The van der Waals surface area contributed by atoms with Gasteiger partial charge in [-0.15, -0.1) is 0 Å². The Hall–Kier alpha value is -1.77. The molecule has 0 atom stereocenters. The maximum Gasteiger partial charge on any atom is 0.0683 e. The van der Waals surface area contributed by atoms with Gasteiger partial charge in [0.25, 0.3) is 0 Å². The first-order valence-corrected chi connectivity index (χ1v) is 5.60. The second-order valence-electron chi connectivity index (χ2n) is 4.07. The van der Waals surface area contributed by atoms with Gasteiger partial charge in [-0.3, -0.25) is 4.68 Å². The molecule has 3 heteroatoms. The highest BCUT2D eigenvalue weighted by molar-refractivity contribution is 5.65. The van der Waals surface area contributed by atoms with Crippen LogP contribution in [0.5, 0.6) is 0 Å². The molecule has 1 aromatic heterocycles. The lowest BCUT2D eigenvalue weighted by Gasteiger charge is -2.08. The zero-order valence-corrected chi connectivity index (χ0v) is 9.77. The van der Waals surface area contributed by atoms with E-state index >= 15 is 0 Å². The van der Waals surface area contributed by atoms with Crippen molar-refractivity contribution in [2.24, 2.45) is 0 Å². The lowest BCUT2D eigenvalue weighted by molar-refractivity contribution is 0.609. The smallest absolute Gasteiger partial charge is 0.0683 e. The van der Waals surface area contributed by atoms with E-state index in [0.29, 0.717) is 0 Å². The van der Waals surface area contributed by atoms with E-state index in [1.165, 1.54) is 5.56 Å². The summed E-state index contributed by atoms with van der Waals surface area (Å²) in [5, 5.41) is 4.32. The lowest BCUT2D eigenvalue weighted by atomic mass is 10.1. The first kappa shape index (κ1) is 10.7. The third-order valence-corrected chi connectivity index (χ3v) is 2.55. The number of nitrogens with two attached hydrogens (primary N) is 1. The van der Waals surface area contributed by atoms with Crippen LogP contribution in [0.1, 0.15) is 18.9 Å². The molecule has 16 heavy (non-hydrogen) atoms. The van der Waals surface area contributed by atoms with Gasteiger partial charge in [0.2, 0.25) is 0 Å². The minimum absolute atomic E-state index is 0.805. The number of hydrogen-bond acceptors (Lipinski definition) is 2. The van der Waals surface area contributed by atoms with Crippen molar-refractivity contribution >= 4 is 5.69 Å². The molecule has 0 radical (unpaired) electrons. The van der Waals surface area contributed by atoms with Gasteiger partial charge in [0.15, 0.2) is 0 Å². The van der Waals surface area contributed by atoms with Crippen LogP contribution in [0.15, 0.2) is 30.5 Å². The standard InChI is InChI=1S/C13H17N3/c1-3-6-16-13(4-5-15-16)11-7-10(2)8-12(14)9-11/h4-5,7-9H,3,6,14H2,1-2H3. The van der Waals surface area contributed by atoms with Crippen molar-refractivity contribution in [2.75, 3.05) is 5.73 Å². The number of anilines is 1. The number of rotatable bonds is 3. The summed E-state index contributed by atoms with van der Waals surface area (Å²) in [6.07, 6.45) is 2.92. The van der Waals surface area contributed by atoms with Crippen LogP contribution < -0.4 is 5.73 Å². The number of hydrogen-bond donors (Lipinski definition) is 1. The molecule has 1 aromatic carbocycles. The van der Waals surface area contributed by atoms with Gasteiger partial charge in [-0.2, -0.15) is 5.10 Å². The lowest BCUT2D eigenvalue weighted by Crippen LogP contribution is -2.01. The van der Waals surface area contributed by atoms with Crippen molar-refractivity contribution in [3.05, 3.63) is 36.0 Å². The maximum absolute atomic E-state index is 5.86. The fraction of sp³-hybridized carbons (Fsp3) is 0.308. The molecule has 2 aromatic rings. The molecule has 0 fully saturated rings. The average molecular weight is 215 g/mol. The van der Waals surface area contributed by atoms with E-state index < -0.39 is 0 Å². The molecule has 0 spiro atoms. The molecule has 84 valence electrons. The van der Waals surface area contributed by atoms with Crippen LogP contribution in [-0.4, -0.2) is 9.78 Å². The Morgan fingerprint density at radius 3 is 2.81 bits per heavy atom. The maximum atomic E-state index is 5.86. The van der Waals surface area contributed by atoms with Gasteiger partial charge in [-0.1, -0.05) is 6.92 Å². The number of nitrogens with zero attached hydrogens (tertiary/aromatic N) is 2. The van der Waals surface area contributed by atoms with E-state index in [1.54, 1.807) is 0 Å². The highest BCUT2D eigenvalue weighted by atomic mass is 15.3. The quantitative estimate of drug-likeness (QED) is 0.800. The third kappa shape index (κ3) is 2.08. The SMILES string of the molecule is CCCn1nccc1-c1cc(C)cc(N)c1. The summed E-state index contributed by atoms with van der Waals surface area (Å²) in [6.45, 7) is 5.15. The zero-order chi connectivity index (χ0) is 11.5. The molecule has 0 amide bonds. The first-order valence-electron chi connectivity index (χ1n) is 5.60. The van der Waals surface area contributed by atoms with E-state index in [2.05, 4.69) is 25.0 Å². The Balaban J connectivity index is 2.45. The van der Waals surface area contributed by atoms with Crippen LogP contribution in [0.3, 0.4) is 0 Å². The minimum Gasteiger partial charge on any atom is -0.399 e. The van der Waals surface area contributed by atoms with Crippen LogP contribution in [0.25, 0.3) is 11.3 Å². The molecule has 3 nitrogen and oxygen atoms in total. The van der Waals surface area contributed by atoms with E-state index in [0.717, 1.165) is 29.9 Å². The highest BCUT2D eigenvalue weighted by Crippen LogP contribution is 2.23. The monoisotopic (exact) mass is 215 g/mol. The van der Waals surface area contributed by atoms with Gasteiger partial charge in [-0.25, -0.2) is 0 Å². The van der Waals surface area contributed by atoms with Crippen LogP contribution in [0.4, 0.5) is 5.69 Å². The Bertz CT molecular complexity index is 465. The fourth-order valence-electron chi connectivity index (χ4n) is 1.93. The zero-order valence-electron chi connectivity index (χ0n) is 9.77. The molecule has 0 aliphatic carbocycles. The van der Waals surface area contributed by atoms with Crippen LogP contribution in [-0.2, 0) is 6.54 Å². The summed E-state index contributed by atoms with van der Waals surface area (Å²) in [5.74, 6) is 0. The predicted molar refractivity (Wildman–Crippen MR) is 67.1 cm³/mol. The van der Waals surface area contributed by atoms with Gasteiger partial charge < -0.3 is 5.73 Å². The number of aryl methyl sites for hydroxylation is 2. The third-order valence-electron chi connectivity index (χ3n) is 2.55. The molecule has 0 aliphatic rings. The molecular formula is C13H17N3. The second kappa shape index (κ2) is 4.39. The molecule has 1 heterocycles. The Morgan fingerprint density at radius 1 is 1.31 bits per heavy atom. The molecular weight excluding hydrogens is 198 g/mol. The molecule has 2 N–H and O–H groups in total. The summed E-state index contributed by atoms with van der Waals surface area (Å²) in [7, 11) is 0. The van der Waals surface area contributed by atoms with Crippen LogP contribution in [0, 0.1) is 6.92 Å². The summed E-state index contributed by atoms with van der Waals surface area (Å²) >= 11 is 0. The molecule has 0 saturated heterocycles. The fourth-order valence-corrected chi connectivity index (χ4v) is 1.93. The van der Waals surface area contributed by atoms with Gasteiger partial charge in [-0.05, 0) is 43.2 Å². The normalized spacial score (nSPS) is 10.6. The number of nitrogen functional groups attached to an aromatic ring is 1. The van der Waals surface area contributed by atoms with Crippen LogP contribution in [0.2, 0.25) is 0 Å². The van der Waals surface area contributed by atoms with E-state index in [9.17, 15) is 0 Å². The average Bonchev–Trinajstić information content (AvgIpc) is 2.65. The largest absolute Gasteiger partial charge is 0.399 e. The van der Waals surface area contributed by atoms with Crippen molar-refractivity contribution in [1.29, 1.82) is 0 Å². The number of aromatic nitrogens is 2. The van der Waals surface area contributed by atoms with Crippen LogP contribution >= 0.6 is 0 Å². The van der Waals surface area contributed by atoms with Gasteiger partial charge >= 0.3 is 0 Å². The Morgan fingerprint density at radius 2 is 2.12 bits per heavy atom. The number of benzene rings is 1. The molecule has 2 rings (SSSR count). The first-order chi connectivity index (χ1) is 7.70. The summed E-state index contributed by atoms with van der Waals surface area (Å²) in [5.41, 5.74) is 10.1. The predicted octanol–water partition coefficient (Wildman–Crippen LogP) is 2.85. The van der Waals surface area contributed by atoms with Crippen molar-refractivity contribution in [3.63, 3.8) is 0 Å². The molecule has 0 aliphatic heterocycles. The summed E-state index contributed by atoms with van der Waals surface area (Å²) in [6, 6.07) is 8.14. The second-order valence-corrected chi connectivity index (χ2v) is 4.07. The molecule has 0 saturated carbocycles. The molecule has 0 unspecified atom stereocenters. The van der Waals surface area contributed by atoms with Crippen molar-refractivity contribution in [2.45, 2.75) is 26.8 Å².